The molecule has 4 N–H and O–H groups in total. The molecule has 0 radical (unpaired) electrons. The lowest BCUT2D eigenvalue weighted by atomic mass is 10.3. The van der Waals surface area contributed by atoms with Crippen molar-refractivity contribution < 1.29 is 9.66 Å². The molecule has 108 valence electrons. The fourth-order valence-electron chi connectivity index (χ4n) is 1.88. The van der Waals surface area contributed by atoms with Gasteiger partial charge in [-0.05, 0) is 6.92 Å². The average molecular weight is 289 g/mol. The van der Waals surface area contributed by atoms with Gasteiger partial charge in [0.2, 0.25) is 11.8 Å². The molecule has 10 heteroatoms. The molecule has 0 saturated carbocycles. The van der Waals surface area contributed by atoms with Gasteiger partial charge in [-0.3, -0.25) is 10.1 Å². The van der Waals surface area contributed by atoms with E-state index in [1.165, 1.54) is 18.6 Å². The molecule has 1 atom stereocenters. The van der Waals surface area contributed by atoms with Crippen LogP contribution in [-0.4, -0.2) is 29.8 Å². The lowest BCUT2D eigenvalue weighted by molar-refractivity contribution is -0.384. The van der Waals surface area contributed by atoms with Gasteiger partial charge >= 0.3 is 0 Å². The SMILES string of the molecule is CC(Oc1nc(N)nc2nc[nH]c12)c1cc([N+](=O)[O-])c[nH]1. The van der Waals surface area contributed by atoms with Crippen molar-refractivity contribution in [3.63, 3.8) is 0 Å². The highest BCUT2D eigenvalue weighted by Gasteiger charge is 2.18. The minimum absolute atomic E-state index is 0.0330. The number of fused-ring (bicyclic) bond motifs is 1. The lowest BCUT2D eigenvalue weighted by Gasteiger charge is -2.12. The summed E-state index contributed by atoms with van der Waals surface area (Å²) in [4.78, 5) is 27.8. The zero-order chi connectivity index (χ0) is 15.0. The zero-order valence-electron chi connectivity index (χ0n) is 10.9. The van der Waals surface area contributed by atoms with Crippen LogP contribution in [0.25, 0.3) is 11.2 Å². The molecule has 10 nitrogen and oxygen atoms in total. The molecule has 21 heavy (non-hydrogen) atoms. The number of hydrogen-bond donors (Lipinski definition) is 3. The van der Waals surface area contributed by atoms with Crippen molar-refractivity contribution in [2.45, 2.75) is 13.0 Å². The van der Waals surface area contributed by atoms with Crippen molar-refractivity contribution in [3.8, 4) is 5.88 Å². The molecule has 3 heterocycles. The number of nitrogens with one attached hydrogen (secondary N) is 2. The van der Waals surface area contributed by atoms with Gasteiger partial charge in [0.15, 0.2) is 5.65 Å². The Morgan fingerprint density at radius 2 is 2.24 bits per heavy atom. The van der Waals surface area contributed by atoms with E-state index in [0.29, 0.717) is 16.9 Å². The maximum atomic E-state index is 10.7. The fourth-order valence-corrected chi connectivity index (χ4v) is 1.88. The Morgan fingerprint density at radius 1 is 1.43 bits per heavy atom. The molecule has 0 fully saturated rings. The van der Waals surface area contributed by atoms with Crippen molar-refractivity contribution in [1.29, 1.82) is 0 Å². The number of nitrogens with two attached hydrogens (primary N) is 1. The first kappa shape index (κ1) is 12.8. The number of anilines is 1. The third-order valence-electron chi connectivity index (χ3n) is 2.90. The summed E-state index contributed by atoms with van der Waals surface area (Å²) in [6.45, 7) is 1.73. The minimum atomic E-state index is -0.487. The molecule has 0 spiro atoms. The van der Waals surface area contributed by atoms with Gasteiger partial charge in [-0.2, -0.15) is 9.97 Å². The number of imidazole rings is 1. The highest BCUT2D eigenvalue weighted by Crippen LogP contribution is 2.26. The number of rotatable bonds is 4. The Kier molecular flexibility index (Phi) is 2.90. The largest absolute Gasteiger partial charge is 0.467 e. The molecule has 0 bridgehead atoms. The number of aromatic nitrogens is 5. The fraction of sp³-hybridized carbons (Fsp3) is 0.182. The van der Waals surface area contributed by atoms with Gasteiger partial charge in [-0.1, -0.05) is 0 Å². The van der Waals surface area contributed by atoms with E-state index >= 15 is 0 Å². The van der Waals surface area contributed by atoms with Crippen LogP contribution in [0.2, 0.25) is 0 Å². The van der Waals surface area contributed by atoms with Crippen molar-refractivity contribution in [2.75, 3.05) is 5.73 Å². The van der Waals surface area contributed by atoms with Crippen LogP contribution in [0.5, 0.6) is 5.88 Å². The van der Waals surface area contributed by atoms with Gasteiger partial charge in [-0.15, -0.1) is 0 Å². The van der Waals surface area contributed by atoms with Gasteiger partial charge in [0.05, 0.1) is 23.1 Å². The number of ether oxygens (including phenoxy) is 1. The van der Waals surface area contributed by atoms with Crippen LogP contribution in [0, 0.1) is 10.1 Å². The molecule has 0 aliphatic heterocycles. The first-order chi connectivity index (χ1) is 10.0. The first-order valence-corrected chi connectivity index (χ1v) is 6.00. The molecule has 0 amide bonds. The number of nitrogens with zero attached hydrogens (tertiary/aromatic N) is 4. The van der Waals surface area contributed by atoms with Crippen molar-refractivity contribution in [1.82, 2.24) is 24.9 Å². The van der Waals surface area contributed by atoms with Crippen LogP contribution in [-0.2, 0) is 0 Å². The molecule has 0 aliphatic rings. The maximum Gasteiger partial charge on any atom is 0.287 e. The predicted molar refractivity (Wildman–Crippen MR) is 72.6 cm³/mol. The summed E-state index contributed by atoms with van der Waals surface area (Å²) in [6, 6.07) is 1.40. The van der Waals surface area contributed by atoms with E-state index in [2.05, 4.69) is 24.9 Å². The first-order valence-electron chi connectivity index (χ1n) is 6.00. The molecule has 0 saturated heterocycles. The third-order valence-corrected chi connectivity index (χ3v) is 2.90. The molecular weight excluding hydrogens is 278 g/mol. The second kappa shape index (κ2) is 4.74. The molecule has 3 rings (SSSR count). The molecular formula is C11H11N7O3. The Bertz CT molecular complexity index is 809. The highest BCUT2D eigenvalue weighted by molar-refractivity contribution is 5.76. The number of aromatic amines is 2. The Morgan fingerprint density at radius 3 is 2.95 bits per heavy atom. The summed E-state index contributed by atoms with van der Waals surface area (Å²) >= 11 is 0. The van der Waals surface area contributed by atoms with Crippen LogP contribution in [0.1, 0.15) is 18.7 Å². The minimum Gasteiger partial charge on any atom is -0.467 e. The van der Waals surface area contributed by atoms with E-state index in [-0.39, 0.29) is 17.5 Å². The number of H-pyrrole nitrogens is 2. The summed E-state index contributed by atoms with van der Waals surface area (Å²) in [7, 11) is 0. The van der Waals surface area contributed by atoms with Crippen LogP contribution in [0.15, 0.2) is 18.6 Å². The summed E-state index contributed by atoms with van der Waals surface area (Å²) in [5.74, 6) is 0.272. The van der Waals surface area contributed by atoms with E-state index in [9.17, 15) is 10.1 Å². The van der Waals surface area contributed by atoms with E-state index in [0.717, 1.165) is 0 Å². The number of hydrogen-bond acceptors (Lipinski definition) is 7. The molecule has 3 aromatic heterocycles. The highest BCUT2D eigenvalue weighted by atomic mass is 16.6. The van der Waals surface area contributed by atoms with E-state index < -0.39 is 11.0 Å². The van der Waals surface area contributed by atoms with Crippen LogP contribution in [0.4, 0.5) is 11.6 Å². The Labute approximate surface area is 117 Å². The normalized spacial score (nSPS) is 12.4. The summed E-state index contributed by atoms with van der Waals surface area (Å²) in [6.07, 6.45) is 2.27. The summed E-state index contributed by atoms with van der Waals surface area (Å²) in [5, 5.41) is 10.7. The maximum absolute atomic E-state index is 10.7. The molecule has 1 unspecified atom stereocenters. The van der Waals surface area contributed by atoms with Crippen molar-refractivity contribution in [2.24, 2.45) is 0 Å². The Balaban J connectivity index is 1.90. The molecule has 0 aromatic carbocycles. The third kappa shape index (κ3) is 2.33. The second-order valence-electron chi connectivity index (χ2n) is 4.32. The zero-order valence-corrected chi connectivity index (χ0v) is 10.9. The second-order valence-corrected chi connectivity index (χ2v) is 4.32. The Hall–Kier alpha value is -3.17. The number of nitro groups is 1. The lowest BCUT2D eigenvalue weighted by Crippen LogP contribution is -2.07. The van der Waals surface area contributed by atoms with E-state index in [1.54, 1.807) is 6.92 Å². The van der Waals surface area contributed by atoms with Crippen LogP contribution >= 0.6 is 0 Å². The van der Waals surface area contributed by atoms with E-state index in [4.69, 9.17) is 10.5 Å². The predicted octanol–water partition coefficient (Wildman–Crippen LogP) is 1.31. The van der Waals surface area contributed by atoms with Crippen LogP contribution in [0.3, 0.4) is 0 Å². The average Bonchev–Trinajstić information content (AvgIpc) is 3.06. The van der Waals surface area contributed by atoms with Gasteiger partial charge in [0.1, 0.15) is 11.6 Å². The number of nitrogen functional groups attached to an aromatic ring is 1. The topological polar surface area (TPSA) is 149 Å². The van der Waals surface area contributed by atoms with Crippen molar-refractivity contribution in [3.05, 3.63) is 34.4 Å². The quantitative estimate of drug-likeness (QED) is 0.484. The summed E-state index contributed by atoms with van der Waals surface area (Å²) < 4.78 is 5.69. The molecule has 3 aromatic rings. The van der Waals surface area contributed by atoms with Gasteiger partial charge in [0.25, 0.3) is 5.69 Å². The van der Waals surface area contributed by atoms with Gasteiger partial charge in [-0.25, -0.2) is 4.98 Å². The van der Waals surface area contributed by atoms with Gasteiger partial charge in [0, 0.05) is 6.07 Å². The van der Waals surface area contributed by atoms with Crippen LogP contribution < -0.4 is 10.5 Å². The smallest absolute Gasteiger partial charge is 0.287 e. The molecule has 0 aliphatic carbocycles. The summed E-state index contributed by atoms with van der Waals surface area (Å²) in [5.41, 5.74) is 7.01. The van der Waals surface area contributed by atoms with Crippen molar-refractivity contribution >= 4 is 22.8 Å². The standard InChI is InChI=1S/C11H11N7O3/c1-5(7-2-6(3-13-7)18(19)20)21-10-8-9(15-4-14-8)16-11(12)17-10/h2-5,13H,1H3,(H3,12,14,15,16,17). The van der Waals surface area contributed by atoms with Gasteiger partial charge < -0.3 is 20.4 Å². The monoisotopic (exact) mass is 289 g/mol. The van der Waals surface area contributed by atoms with E-state index in [1.807, 2.05) is 0 Å².